The molecule has 8 nitrogen and oxygen atoms in total. The molecular formula is C60H40N6O2. The number of oxazole rings is 2. The maximum atomic E-state index is 6.47. The van der Waals surface area contributed by atoms with Gasteiger partial charge in [0.2, 0.25) is 11.8 Å². The molecule has 0 N–H and O–H groups in total. The highest BCUT2D eigenvalue weighted by molar-refractivity contribution is 6.01. The van der Waals surface area contributed by atoms with Crippen molar-refractivity contribution in [3.8, 4) is 56.6 Å². The van der Waals surface area contributed by atoms with Crippen molar-refractivity contribution in [2.45, 2.75) is 0 Å². The zero-order valence-electron chi connectivity index (χ0n) is 36.6. The van der Waals surface area contributed by atoms with Crippen LogP contribution in [0.5, 0.6) is 0 Å². The van der Waals surface area contributed by atoms with Gasteiger partial charge >= 0.3 is 0 Å². The van der Waals surface area contributed by atoms with Gasteiger partial charge < -0.3 is 18.6 Å². The Balaban J connectivity index is 0.835. The summed E-state index contributed by atoms with van der Waals surface area (Å²) in [4.78, 5) is 23.7. The SMILES string of the molecule is c1ccc(N(c2ccc(-c3ccccn3)cc2)c2ccc(-c3nc4c(-c5cccc6oc(-c7ccc(N(c8ccccc8)c8ccc(-c9ccccn9)cc8)cc7)nc56)cccc4o3)cc2)cc1. The van der Waals surface area contributed by atoms with Crippen molar-refractivity contribution in [3.63, 3.8) is 0 Å². The minimum atomic E-state index is 0.534. The van der Waals surface area contributed by atoms with E-state index in [1.807, 2.05) is 85.2 Å². The van der Waals surface area contributed by atoms with E-state index in [1.165, 1.54) is 0 Å². The van der Waals surface area contributed by atoms with Crippen LogP contribution in [0.3, 0.4) is 0 Å². The van der Waals surface area contributed by atoms with Crippen LogP contribution in [0.4, 0.5) is 34.1 Å². The molecule has 4 aromatic heterocycles. The lowest BCUT2D eigenvalue weighted by Gasteiger charge is -2.25. The lowest BCUT2D eigenvalue weighted by Crippen LogP contribution is -2.09. The summed E-state index contributed by atoms with van der Waals surface area (Å²) in [7, 11) is 0. The van der Waals surface area contributed by atoms with E-state index < -0.39 is 0 Å². The first-order chi connectivity index (χ1) is 33.7. The van der Waals surface area contributed by atoms with Crippen molar-refractivity contribution >= 4 is 56.3 Å². The highest BCUT2D eigenvalue weighted by atomic mass is 16.4. The van der Waals surface area contributed by atoms with E-state index in [9.17, 15) is 0 Å². The van der Waals surface area contributed by atoms with Gasteiger partial charge in [-0.05, 0) is 133 Å². The molecular weight excluding hydrogens is 837 g/mol. The Kier molecular flexibility index (Phi) is 10.3. The van der Waals surface area contributed by atoms with Gasteiger partial charge in [-0.2, -0.15) is 0 Å². The first-order valence-electron chi connectivity index (χ1n) is 22.4. The van der Waals surface area contributed by atoms with E-state index in [0.29, 0.717) is 22.9 Å². The van der Waals surface area contributed by atoms with Crippen LogP contribution >= 0.6 is 0 Å². The summed E-state index contributed by atoms with van der Waals surface area (Å²) in [6, 6.07) is 78.3. The summed E-state index contributed by atoms with van der Waals surface area (Å²) in [5.74, 6) is 1.07. The molecule has 0 unspecified atom stereocenters. The first kappa shape index (κ1) is 40.1. The number of hydrogen-bond acceptors (Lipinski definition) is 8. The number of rotatable bonds is 11. The largest absolute Gasteiger partial charge is 0.436 e. The summed E-state index contributed by atoms with van der Waals surface area (Å²) >= 11 is 0. The van der Waals surface area contributed by atoms with Gasteiger partial charge in [-0.15, -0.1) is 0 Å². The average molecular weight is 877 g/mol. The number of aromatic nitrogens is 4. The third-order valence-corrected chi connectivity index (χ3v) is 12.1. The van der Waals surface area contributed by atoms with E-state index in [4.69, 9.17) is 18.8 Å². The molecule has 0 spiro atoms. The van der Waals surface area contributed by atoms with Gasteiger partial charge in [0.15, 0.2) is 11.2 Å². The molecule has 0 radical (unpaired) electrons. The molecule has 0 saturated carbocycles. The average Bonchev–Trinajstić information content (AvgIpc) is 4.07. The van der Waals surface area contributed by atoms with Crippen LogP contribution < -0.4 is 9.80 Å². The Labute approximate surface area is 392 Å². The van der Waals surface area contributed by atoms with Crippen molar-refractivity contribution in [2.75, 3.05) is 9.80 Å². The topological polar surface area (TPSA) is 84.3 Å². The molecule has 12 rings (SSSR count). The summed E-state index contributed by atoms with van der Waals surface area (Å²) in [5, 5.41) is 0. The van der Waals surface area contributed by atoms with E-state index in [2.05, 4.69) is 177 Å². The van der Waals surface area contributed by atoms with E-state index in [-0.39, 0.29) is 0 Å². The molecule has 68 heavy (non-hydrogen) atoms. The van der Waals surface area contributed by atoms with Crippen LogP contribution in [0.25, 0.3) is 78.7 Å². The molecule has 0 aliphatic rings. The zero-order valence-corrected chi connectivity index (χ0v) is 36.6. The summed E-state index contributed by atoms with van der Waals surface area (Å²) in [6.45, 7) is 0. The quantitative estimate of drug-likeness (QED) is 0.127. The van der Waals surface area contributed by atoms with Crippen LogP contribution in [0.15, 0.2) is 252 Å². The maximum absolute atomic E-state index is 6.47. The van der Waals surface area contributed by atoms with Crippen molar-refractivity contribution in [3.05, 3.63) is 243 Å². The highest BCUT2D eigenvalue weighted by Crippen LogP contribution is 2.41. The fraction of sp³-hybridized carbons (Fsp3) is 0. The molecule has 0 amide bonds. The van der Waals surface area contributed by atoms with Crippen molar-refractivity contribution in [1.82, 2.24) is 19.9 Å². The molecule has 0 fully saturated rings. The van der Waals surface area contributed by atoms with Crippen LogP contribution in [-0.4, -0.2) is 19.9 Å². The molecule has 8 aromatic carbocycles. The van der Waals surface area contributed by atoms with Crippen LogP contribution in [0.1, 0.15) is 0 Å². The Morgan fingerprint density at radius 1 is 0.279 bits per heavy atom. The number of nitrogens with zero attached hydrogens (tertiary/aromatic N) is 6. The number of hydrogen-bond donors (Lipinski definition) is 0. The third-order valence-electron chi connectivity index (χ3n) is 12.1. The number of benzene rings is 8. The second-order valence-corrected chi connectivity index (χ2v) is 16.3. The Morgan fingerprint density at radius 3 is 0.971 bits per heavy atom. The summed E-state index contributed by atoms with van der Waals surface area (Å²) in [5.41, 5.74) is 16.6. The Morgan fingerprint density at radius 2 is 0.618 bits per heavy atom. The van der Waals surface area contributed by atoms with Gasteiger partial charge in [-0.1, -0.05) is 97.1 Å². The second kappa shape index (κ2) is 17.5. The molecule has 0 bridgehead atoms. The molecule has 4 heterocycles. The normalized spacial score (nSPS) is 11.2. The highest BCUT2D eigenvalue weighted by Gasteiger charge is 2.20. The smallest absolute Gasteiger partial charge is 0.227 e. The van der Waals surface area contributed by atoms with Crippen molar-refractivity contribution < 1.29 is 8.83 Å². The number of pyridine rings is 2. The molecule has 0 saturated heterocycles. The van der Waals surface area contributed by atoms with Gasteiger partial charge in [0, 0.05) is 79.9 Å². The molecule has 0 aliphatic carbocycles. The standard InChI is InChI=1S/C60H40N6O2/c1-3-13-45(14-4-1)65(47-31-23-41(24-32-47)53-19-7-9-39-61-53)49-35-27-43(28-36-49)59-63-57-51(17-11-21-55(57)67-59)52-18-12-22-56-58(52)64-60(68-56)44-29-37-50(38-30-44)66(46-15-5-2-6-16-46)48-33-25-42(26-34-48)54-20-8-10-40-62-54/h1-40H. The lowest BCUT2D eigenvalue weighted by atomic mass is 10.0. The summed E-state index contributed by atoms with van der Waals surface area (Å²) in [6.07, 6.45) is 3.64. The van der Waals surface area contributed by atoms with Crippen molar-refractivity contribution in [2.24, 2.45) is 0 Å². The minimum absolute atomic E-state index is 0.534. The van der Waals surface area contributed by atoms with Gasteiger partial charge in [0.05, 0.1) is 11.4 Å². The number of anilines is 6. The molecule has 0 atom stereocenters. The van der Waals surface area contributed by atoms with E-state index >= 15 is 0 Å². The van der Waals surface area contributed by atoms with E-state index in [0.717, 1.165) is 89.9 Å². The predicted molar refractivity (Wildman–Crippen MR) is 274 cm³/mol. The maximum Gasteiger partial charge on any atom is 0.227 e. The van der Waals surface area contributed by atoms with Gasteiger partial charge in [0.1, 0.15) is 11.0 Å². The lowest BCUT2D eigenvalue weighted by molar-refractivity contribution is 0.619. The number of fused-ring (bicyclic) bond motifs is 2. The first-order valence-corrected chi connectivity index (χ1v) is 22.4. The van der Waals surface area contributed by atoms with Crippen LogP contribution in [0, 0.1) is 0 Å². The zero-order chi connectivity index (χ0) is 45.2. The Hall–Kier alpha value is -9.40. The molecule has 322 valence electrons. The molecule has 8 heteroatoms. The van der Waals surface area contributed by atoms with Gasteiger partial charge in [0.25, 0.3) is 0 Å². The second-order valence-electron chi connectivity index (χ2n) is 16.3. The Bertz CT molecular complexity index is 3390. The number of para-hydroxylation sites is 4. The fourth-order valence-corrected chi connectivity index (χ4v) is 8.76. The monoisotopic (exact) mass is 876 g/mol. The summed E-state index contributed by atoms with van der Waals surface area (Å²) < 4.78 is 12.9. The molecule has 0 aliphatic heterocycles. The van der Waals surface area contributed by atoms with Crippen LogP contribution in [0.2, 0.25) is 0 Å². The third kappa shape index (κ3) is 7.71. The fourth-order valence-electron chi connectivity index (χ4n) is 8.76. The molecule has 12 aromatic rings. The van der Waals surface area contributed by atoms with E-state index in [1.54, 1.807) is 0 Å². The van der Waals surface area contributed by atoms with Gasteiger partial charge in [-0.25, -0.2) is 9.97 Å². The predicted octanol–water partition coefficient (Wildman–Crippen LogP) is 16.0. The van der Waals surface area contributed by atoms with Crippen LogP contribution in [-0.2, 0) is 0 Å². The van der Waals surface area contributed by atoms with Crippen molar-refractivity contribution in [1.29, 1.82) is 0 Å². The van der Waals surface area contributed by atoms with Gasteiger partial charge in [-0.3, -0.25) is 9.97 Å². The minimum Gasteiger partial charge on any atom is -0.436 e.